The first-order valence-corrected chi connectivity index (χ1v) is 18.4. The van der Waals surface area contributed by atoms with Gasteiger partial charge in [0, 0.05) is 17.5 Å². The fraction of sp³-hybridized carbons (Fsp3) is 0.0476. The molecule has 0 radical (unpaired) electrons. The van der Waals surface area contributed by atoms with Crippen molar-refractivity contribution in [3.63, 3.8) is 0 Å². The van der Waals surface area contributed by atoms with Gasteiger partial charge in [0.15, 0.2) is 0 Å². The first kappa shape index (κ1) is 22.3. The summed E-state index contributed by atoms with van der Waals surface area (Å²) >= 11 is 25.7. The topological polar surface area (TPSA) is 55.5 Å². The van der Waals surface area contributed by atoms with E-state index in [-0.39, 0.29) is 0 Å². The summed E-state index contributed by atoms with van der Waals surface area (Å²) in [5.74, 6) is -5.36. The third kappa shape index (κ3) is 4.13. The second-order valence-corrected chi connectivity index (χ2v) is 19.6. The molecule has 6 rings (SSSR count). The van der Waals surface area contributed by atoms with Crippen molar-refractivity contribution in [1.82, 2.24) is 0 Å². The summed E-state index contributed by atoms with van der Waals surface area (Å²) < 4.78 is 25.9. The van der Waals surface area contributed by atoms with Gasteiger partial charge in [-0.1, -0.05) is 60.7 Å². The lowest BCUT2D eigenvalue weighted by Gasteiger charge is -2.30. The third-order valence-corrected chi connectivity index (χ3v) is 16.4. The van der Waals surface area contributed by atoms with Crippen LogP contribution >= 0.6 is 64.4 Å². The Hall–Kier alpha value is -1.15. The van der Waals surface area contributed by atoms with Crippen molar-refractivity contribution in [2.24, 2.45) is 13.5 Å². The monoisotopic (exact) mass is 573 g/mol. The van der Waals surface area contributed by atoms with Gasteiger partial charge in [-0.2, -0.15) is 4.52 Å². The van der Waals surface area contributed by atoms with Crippen LogP contribution in [0.5, 0.6) is 11.5 Å². The Balaban J connectivity index is 1.73. The van der Waals surface area contributed by atoms with Crippen molar-refractivity contribution in [1.29, 1.82) is 0 Å². The first-order valence-electron chi connectivity index (χ1n) is 9.83. The summed E-state index contributed by atoms with van der Waals surface area (Å²) in [7, 11) is -3.49. The smallest absolute Gasteiger partial charge is 0.413 e. The van der Waals surface area contributed by atoms with Gasteiger partial charge in [-0.15, -0.1) is 9.03 Å². The predicted molar refractivity (Wildman–Crippen MR) is 143 cm³/mol. The zero-order valence-electron chi connectivity index (χ0n) is 16.6. The maximum atomic E-state index is 6.43. The molecule has 168 valence electrons. The van der Waals surface area contributed by atoms with Gasteiger partial charge in [0.25, 0.3) is 11.8 Å². The minimum atomic E-state index is -3.49. The van der Waals surface area contributed by atoms with Gasteiger partial charge in [0.2, 0.25) is 0 Å². The SMILES string of the molecule is ClP1(Cl)=NP(Cl)(Cl)=NP2(=N1)Oc1ccc3ccccc3c1Cc1c(ccc3ccccc13)O2. The van der Waals surface area contributed by atoms with Crippen LogP contribution in [0.4, 0.5) is 0 Å². The van der Waals surface area contributed by atoms with Crippen LogP contribution in [0.2, 0.25) is 0 Å². The lowest BCUT2D eigenvalue weighted by Crippen LogP contribution is -2.08. The Bertz CT molecular complexity index is 1550. The van der Waals surface area contributed by atoms with Crippen LogP contribution in [0, 0.1) is 0 Å². The zero-order chi connectivity index (χ0) is 22.8. The fourth-order valence-electron chi connectivity index (χ4n) is 4.15. The predicted octanol–water partition coefficient (Wildman–Crippen LogP) is 11.2. The van der Waals surface area contributed by atoms with Crippen molar-refractivity contribution in [3.8, 4) is 11.5 Å². The van der Waals surface area contributed by atoms with Crippen molar-refractivity contribution in [2.75, 3.05) is 0 Å². The van der Waals surface area contributed by atoms with Gasteiger partial charge in [0.1, 0.15) is 11.5 Å². The largest absolute Gasteiger partial charge is 0.453 e. The highest BCUT2D eigenvalue weighted by molar-refractivity contribution is 8.20. The highest BCUT2D eigenvalue weighted by atomic mass is 35.9. The van der Waals surface area contributed by atoms with Crippen LogP contribution in [0.1, 0.15) is 11.1 Å². The van der Waals surface area contributed by atoms with Crippen LogP contribution in [-0.2, 0) is 6.42 Å². The number of fused-ring (bicyclic) bond motifs is 6. The minimum absolute atomic E-state index is 0.580. The molecule has 0 aliphatic carbocycles. The molecule has 0 fully saturated rings. The van der Waals surface area contributed by atoms with E-state index in [1.165, 1.54) is 0 Å². The van der Waals surface area contributed by atoms with E-state index in [1.54, 1.807) is 0 Å². The molecule has 2 heterocycles. The summed E-state index contributed by atoms with van der Waals surface area (Å²) in [5, 5.41) is 4.31. The van der Waals surface area contributed by atoms with E-state index in [9.17, 15) is 0 Å². The molecule has 0 bridgehead atoms. The van der Waals surface area contributed by atoms with E-state index in [0.29, 0.717) is 17.9 Å². The fourth-order valence-corrected chi connectivity index (χ4v) is 18.1. The van der Waals surface area contributed by atoms with Crippen molar-refractivity contribution in [2.45, 2.75) is 6.42 Å². The average Bonchev–Trinajstić information content (AvgIpc) is 2.73. The Morgan fingerprint density at radius 1 is 0.576 bits per heavy atom. The lowest BCUT2D eigenvalue weighted by molar-refractivity contribution is 0.468. The molecule has 0 aromatic heterocycles. The molecular formula is C21H14Cl4N3O2P3. The number of halogens is 4. The molecule has 1 spiro atoms. The summed E-state index contributed by atoms with van der Waals surface area (Å²) in [6, 6.07) is 24.0. The van der Waals surface area contributed by atoms with Crippen molar-refractivity contribution < 1.29 is 9.05 Å². The van der Waals surface area contributed by atoms with Crippen LogP contribution in [0.25, 0.3) is 21.5 Å². The molecule has 4 aromatic carbocycles. The van der Waals surface area contributed by atoms with Crippen LogP contribution < -0.4 is 9.05 Å². The highest BCUT2D eigenvalue weighted by Gasteiger charge is 2.40. The first-order chi connectivity index (χ1) is 15.7. The number of nitrogens with zero attached hydrogens (tertiary/aromatic N) is 3. The quantitative estimate of drug-likeness (QED) is 0.196. The highest BCUT2D eigenvalue weighted by Crippen LogP contribution is 2.85. The summed E-state index contributed by atoms with van der Waals surface area (Å²) in [5.41, 5.74) is 1.98. The van der Waals surface area contributed by atoms with Gasteiger partial charge in [-0.25, -0.2) is 0 Å². The summed E-state index contributed by atoms with van der Waals surface area (Å²) in [6.45, 7) is 0. The van der Waals surface area contributed by atoms with Gasteiger partial charge < -0.3 is 9.05 Å². The second-order valence-electron chi connectivity index (χ2n) is 7.56. The normalized spacial score (nSPS) is 19.5. The van der Waals surface area contributed by atoms with Crippen LogP contribution in [0.3, 0.4) is 0 Å². The summed E-state index contributed by atoms with van der Waals surface area (Å²) in [6.07, 6.45) is 0.585. The Kier molecular flexibility index (Phi) is 5.37. The van der Waals surface area contributed by atoms with Gasteiger partial charge in [-0.05, 0) is 78.6 Å². The van der Waals surface area contributed by atoms with Crippen molar-refractivity contribution >= 4 is 86.0 Å². The van der Waals surface area contributed by atoms with E-state index in [1.807, 2.05) is 48.5 Å². The molecule has 5 nitrogen and oxygen atoms in total. The van der Waals surface area contributed by atoms with Gasteiger partial charge >= 0.3 is 7.66 Å². The zero-order valence-corrected chi connectivity index (χ0v) is 22.4. The molecule has 0 amide bonds. The molecule has 2 aliphatic heterocycles. The van der Waals surface area contributed by atoms with Gasteiger partial charge in [-0.3, -0.25) is 0 Å². The number of hydrogen-bond donors (Lipinski definition) is 0. The molecule has 0 saturated carbocycles. The van der Waals surface area contributed by atoms with E-state index in [2.05, 4.69) is 37.8 Å². The second kappa shape index (κ2) is 7.94. The molecular weight excluding hydrogens is 561 g/mol. The summed E-state index contributed by atoms with van der Waals surface area (Å²) in [4.78, 5) is 0. The molecule has 33 heavy (non-hydrogen) atoms. The molecule has 0 atom stereocenters. The van der Waals surface area contributed by atoms with E-state index in [4.69, 9.17) is 54.0 Å². The van der Waals surface area contributed by atoms with E-state index in [0.717, 1.165) is 32.7 Å². The van der Waals surface area contributed by atoms with E-state index < -0.39 is 19.5 Å². The van der Waals surface area contributed by atoms with E-state index >= 15 is 0 Å². The number of hydrogen-bond acceptors (Lipinski definition) is 5. The Labute approximate surface area is 209 Å². The molecule has 0 unspecified atom stereocenters. The van der Waals surface area contributed by atoms with Crippen molar-refractivity contribution in [3.05, 3.63) is 83.9 Å². The van der Waals surface area contributed by atoms with Gasteiger partial charge in [0.05, 0.1) is 0 Å². The number of benzene rings is 4. The standard InChI is InChI=1S/C21H14Cl4N3O2P3/c22-31(23)26-32(24,25)28-33(27-31)29-20-11-9-14-5-1-3-7-16(14)18(20)13-19-17-8-4-2-6-15(17)10-12-21(19)30-33/h1-12H,13H2. The van der Waals surface area contributed by atoms with Crippen LogP contribution in [0.15, 0.2) is 86.3 Å². The maximum Gasteiger partial charge on any atom is 0.453 e. The molecule has 0 N–H and O–H groups in total. The molecule has 12 heteroatoms. The minimum Gasteiger partial charge on any atom is -0.413 e. The molecule has 0 saturated heterocycles. The van der Waals surface area contributed by atoms with Crippen LogP contribution in [-0.4, -0.2) is 0 Å². The molecule has 2 aliphatic rings. The third-order valence-electron chi connectivity index (χ3n) is 5.44. The maximum absolute atomic E-state index is 6.43. The molecule has 4 aromatic rings. The Morgan fingerprint density at radius 2 is 1.06 bits per heavy atom. The average molecular weight is 575 g/mol. The number of rotatable bonds is 0. The Morgan fingerprint density at radius 3 is 1.58 bits per heavy atom. The lowest BCUT2D eigenvalue weighted by atomic mass is 9.93.